The first-order valence-corrected chi connectivity index (χ1v) is 4.80. The molecule has 0 aliphatic rings. The van der Waals surface area contributed by atoms with Crippen LogP contribution >= 0.6 is 56.6 Å². The van der Waals surface area contributed by atoms with Crippen molar-refractivity contribution >= 4 is 56.6 Å². The molecular weight excluding hydrogens is 320 g/mol. The Labute approximate surface area is 101 Å². The van der Waals surface area contributed by atoms with E-state index in [0.29, 0.717) is 0 Å². The van der Waals surface area contributed by atoms with Gasteiger partial charge in [-0.05, 0) is 22.9 Å². The van der Waals surface area contributed by atoms with E-state index in [4.69, 9.17) is 0 Å². The lowest BCUT2D eigenvalue weighted by atomic mass is 10.4. The van der Waals surface area contributed by atoms with Gasteiger partial charge < -0.3 is 0 Å². The molecule has 0 bridgehead atoms. The van der Waals surface area contributed by atoms with Gasteiger partial charge in [0.1, 0.15) is 0 Å². The highest BCUT2D eigenvalue weighted by Crippen LogP contribution is 2.28. The third-order valence-electron chi connectivity index (χ3n) is 1.29. The number of hydrogen-bond acceptors (Lipinski definition) is 2. The van der Waals surface area contributed by atoms with E-state index in [0.717, 1.165) is 0 Å². The zero-order chi connectivity index (χ0) is 6.81. The molecule has 0 aliphatic heterocycles. The highest BCUT2D eigenvalue weighted by Gasteiger charge is 1.96. The molecule has 0 amide bonds. The maximum atomic E-state index is 2.15. The van der Waals surface area contributed by atoms with Crippen LogP contribution in [0, 0.1) is 0 Å². The van der Waals surface area contributed by atoms with Crippen molar-refractivity contribution in [2.24, 2.45) is 0 Å². The van der Waals surface area contributed by atoms with Gasteiger partial charge in [-0.15, -0.1) is 56.6 Å². The Morgan fingerprint density at radius 2 is 1.17 bits per heavy atom. The molecule has 0 N–H and O–H groups in total. The molecule has 0 atom stereocenters. The number of hydrogen-bond donors (Lipinski definition) is 0. The summed E-state index contributed by atoms with van der Waals surface area (Å²) in [6.07, 6.45) is 0. The van der Waals surface area contributed by atoms with Crippen molar-refractivity contribution in [3.05, 3.63) is 35.0 Å². The highest BCUT2D eigenvalue weighted by atomic mass is 79.9. The lowest BCUT2D eigenvalue weighted by Gasteiger charge is -1.84. The van der Waals surface area contributed by atoms with E-state index in [1.165, 1.54) is 9.75 Å². The molecule has 0 fully saturated rings. The standard InChI is InChI=1S/C8H6S2.2BrH/c1-3-7(9-5-1)8-4-2-6-10-8;;/h1-6H;2*1H. The van der Waals surface area contributed by atoms with Gasteiger partial charge in [-0.3, -0.25) is 0 Å². The Bertz CT molecular complexity index is 254. The second kappa shape index (κ2) is 5.91. The fraction of sp³-hybridized carbons (Fsp3) is 0. The van der Waals surface area contributed by atoms with Crippen LogP contribution in [0.3, 0.4) is 0 Å². The lowest BCUT2D eigenvalue weighted by Crippen LogP contribution is -1.55. The normalized spacial score (nSPS) is 8.33. The van der Waals surface area contributed by atoms with Crippen LogP contribution in [-0.4, -0.2) is 0 Å². The summed E-state index contributed by atoms with van der Waals surface area (Å²) < 4.78 is 0. The average Bonchev–Trinajstić information content (AvgIpc) is 2.59. The Hall–Kier alpha value is 0.360. The fourth-order valence-corrected chi connectivity index (χ4v) is 2.42. The molecule has 12 heavy (non-hydrogen) atoms. The zero-order valence-electron chi connectivity index (χ0n) is 6.10. The smallest absolute Gasteiger partial charge is 0.0442 e. The van der Waals surface area contributed by atoms with E-state index in [1.807, 2.05) is 0 Å². The van der Waals surface area contributed by atoms with E-state index in [-0.39, 0.29) is 34.0 Å². The number of thiophene rings is 2. The largest absolute Gasteiger partial charge is 0.143 e. The van der Waals surface area contributed by atoms with Gasteiger partial charge in [-0.2, -0.15) is 0 Å². The third kappa shape index (κ3) is 2.69. The molecule has 66 valence electrons. The van der Waals surface area contributed by atoms with Crippen LogP contribution in [0.1, 0.15) is 0 Å². The third-order valence-corrected chi connectivity index (χ3v) is 3.22. The molecule has 2 aromatic heterocycles. The topological polar surface area (TPSA) is 0 Å². The molecule has 0 saturated carbocycles. The van der Waals surface area contributed by atoms with Gasteiger partial charge in [-0.1, -0.05) is 12.1 Å². The van der Waals surface area contributed by atoms with Crippen molar-refractivity contribution in [1.82, 2.24) is 0 Å². The van der Waals surface area contributed by atoms with Crippen LogP contribution in [0.4, 0.5) is 0 Å². The van der Waals surface area contributed by atoms with E-state index in [2.05, 4.69) is 35.0 Å². The first-order valence-electron chi connectivity index (χ1n) is 3.04. The van der Waals surface area contributed by atoms with Gasteiger partial charge in [0.05, 0.1) is 0 Å². The molecule has 0 nitrogen and oxygen atoms in total. The van der Waals surface area contributed by atoms with Crippen LogP contribution in [0.5, 0.6) is 0 Å². The molecule has 4 heteroatoms. The van der Waals surface area contributed by atoms with Gasteiger partial charge in [0.15, 0.2) is 0 Å². The number of rotatable bonds is 1. The molecule has 0 spiro atoms. The number of halogens is 2. The Morgan fingerprint density at radius 1 is 0.750 bits per heavy atom. The molecule has 2 heterocycles. The monoisotopic (exact) mass is 326 g/mol. The summed E-state index contributed by atoms with van der Waals surface area (Å²) in [4.78, 5) is 2.74. The predicted octanol–water partition coefficient (Wildman–Crippen LogP) is 4.63. The Kier molecular flexibility index (Phi) is 6.09. The SMILES string of the molecule is Br.Br.c1csc(-c2cccs2)c1. The van der Waals surface area contributed by atoms with E-state index in [1.54, 1.807) is 22.7 Å². The molecule has 0 saturated heterocycles. The molecule has 0 aliphatic carbocycles. The van der Waals surface area contributed by atoms with Crippen LogP contribution in [0.15, 0.2) is 35.0 Å². The molecule has 0 radical (unpaired) electrons. The van der Waals surface area contributed by atoms with E-state index >= 15 is 0 Å². The summed E-state index contributed by atoms with van der Waals surface area (Å²) in [5.74, 6) is 0. The molecule has 2 rings (SSSR count). The molecular formula is C8H8Br2S2. The maximum Gasteiger partial charge on any atom is 0.0442 e. The Balaban J connectivity index is 0.000000605. The van der Waals surface area contributed by atoms with Crippen molar-refractivity contribution in [3.63, 3.8) is 0 Å². The Morgan fingerprint density at radius 3 is 1.42 bits per heavy atom. The van der Waals surface area contributed by atoms with Gasteiger partial charge in [0, 0.05) is 9.75 Å². The zero-order valence-corrected chi connectivity index (χ0v) is 11.2. The second-order valence-corrected chi connectivity index (χ2v) is 3.85. The fourth-order valence-electron chi connectivity index (χ4n) is 0.838. The van der Waals surface area contributed by atoms with E-state index in [9.17, 15) is 0 Å². The van der Waals surface area contributed by atoms with Crippen molar-refractivity contribution < 1.29 is 0 Å². The molecule has 0 aromatic carbocycles. The first-order chi connectivity index (χ1) is 4.97. The van der Waals surface area contributed by atoms with Gasteiger partial charge in [0.2, 0.25) is 0 Å². The first kappa shape index (κ1) is 12.4. The average molecular weight is 328 g/mol. The minimum absolute atomic E-state index is 0. The second-order valence-electron chi connectivity index (χ2n) is 1.95. The summed E-state index contributed by atoms with van der Waals surface area (Å²) in [6.45, 7) is 0. The molecule has 2 aromatic rings. The maximum absolute atomic E-state index is 2.15. The minimum atomic E-state index is 0. The van der Waals surface area contributed by atoms with Crippen molar-refractivity contribution in [3.8, 4) is 9.75 Å². The van der Waals surface area contributed by atoms with Crippen molar-refractivity contribution in [2.45, 2.75) is 0 Å². The van der Waals surface area contributed by atoms with Gasteiger partial charge >= 0.3 is 0 Å². The van der Waals surface area contributed by atoms with Crippen LogP contribution in [0.2, 0.25) is 0 Å². The summed E-state index contributed by atoms with van der Waals surface area (Å²) >= 11 is 3.58. The minimum Gasteiger partial charge on any atom is -0.143 e. The van der Waals surface area contributed by atoms with Crippen LogP contribution in [-0.2, 0) is 0 Å². The summed E-state index contributed by atoms with van der Waals surface area (Å²) in [7, 11) is 0. The van der Waals surface area contributed by atoms with Gasteiger partial charge in [-0.25, -0.2) is 0 Å². The van der Waals surface area contributed by atoms with Crippen LogP contribution < -0.4 is 0 Å². The molecule has 0 unspecified atom stereocenters. The van der Waals surface area contributed by atoms with Crippen LogP contribution in [0.25, 0.3) is 9.75 Å². The quantitative estimate of drug-likeness (QED) is 0.716. The summed E-state index contributed by atoms with van der Waals surface area (Å²) in [5.41, 5.74) is 0. The van der Waals surface area contributed by atoms with Crippen molar-refractivity contribution in [2.75, 3.05) is 0 Å². The summed E-state index contributed by atoms with van der Waals surface area (Å²) in [6, 6.07) is 8.46. The predicted molar refractivity (Wildman–Crippen MR) is 68.3 cm³/mol. The highest BCUT2D eigenvalue weighted by molar-refractivity contribution is 8.93. The van der Waals surface area contributed by atoms with E-state index < -0.39 is 0 Å². The summed E-state index contributed by atoms with van der Waals surface area (Å²) in [5, 5.41) is 4.21. The van der Waals surface area contributed by atoms with Gasteiger partial charge in [0.25, 0.3) is 0 Å². The lowest BCUT2D eigenvalue weighted by molar-refractivity contribution is 1.93. The van der Waals surface area contributed by atoms with Crippen molar-refractivity contribution in [1.29, 1.82) is 0 Å².